The standard InChI is InChI=1S/C20H22N4O2/c25-20(15-8-12-24-16(13-15)5-9-21-24)23-10-6-14(7-11-23)19-22-17-3-1-2-4-18(17)26-19/h1-5,9,14-15H,6-8,10-13H2. The Kier molecular flexibility index (Phi) is 3.76. The topological polar surface area (TPSA) is 64.2 Å². The summed E-state index contributed by atoms with van der Waals surface area (Å²) in [4.78, 5) is 19.6. The van der Waals surface area contributed by atoms with E-state index in [1.54, 1.807) is 0 Å². The first-order chi connectivity index (χ1) is 12.8. The van der Waals surface area contributed by atoms with Crippen molar-refractivity contribution in [1.82, 2.24) is 19.7 Å². The SMILES string of the molecule is O=C(C1CCn2nccc2C1)N1CCC(c2nc3ccccc3o2)CC1. The second-order valence-corrected chi connectivity index (χ2v) is 7.35. The van der Waals surface area contributed by atoms with Crippen molar-refractivity contribution < 1.29 is 9.21 Å². The molecule has 4 heterocycles. The molecule has 3 aromatic rings. The molecule has 6 nitrogen and oxygen atoms in total. The van der Waals surface area contributed by atoms with Crippen molar-refractivity contribution in [3.63, 3.8) is 0 Å². The first kappa shape index (κ1) is 15.6. The molecule has 2 aromatic heterocycles. The summed E-state index contributed by atoms with van der Waals surface area (Å²) in [7, 11) is 0. The molecule has 0 spiro atoms. The van der Waals surface area contributed by atoms with E-state index in [9.17, 15) is 4.79 Å². The summed E-state index contributed by atoms with van der Waals surface area (Å²) in [5.74, 6) is 1.52. The van der Waals surface area contributed by atoms with E-state index in [1.165, 1.54) is 5.69 Å². The maximum absolute atomic E-state index is 12.9. The quantitative estimate of drug-likeness (QED) is 0.713. The zero-order valence-corrected chi connectivity index (χ0v) is 14.7. The number of amides is 1. The highest BCUT2D eigenvalue weighted by Gasteiger charge is 2.32. The summed E-state index contributed by atoms with van der Waals surface area (Å²) in [6.45, 7) is 2.42. The van der Waals surface area contributed by atoms with Gasteiger partial charge in [-0.2, -0.15) is 5.10 Å². The fourth-order valence-corrected chi connectivity index (χ4v) is 4.25. The lowest BCUT2D eigenvalue weighted by Gasteiger charge is -2.34. The van der Waals surface area contributed by atoms with Crippen molar-refractivity contribution in [1.29, 1.82) is 0 Å². The molecule has 0 bridgehead atoms. The number of para-hydroxylation sites is 2. The average Bonchev–Trinajstić information content (AvgIpc) is 3.33. The lowest BCUT2D eigenvalue weighted by molar-refractivity contribution is -0.137. The van der Waals surface area contributed by atoms with Crippen LogP contribution in [0.3, 0.4) is 0 Å². The number of aryl methyl sites for hydroxylation is 1. The zero-order chi connectivity index (χ0) is 17.5. The molecule has 0 N–H and O–H groups in total. The van der Waals surface area contributed by atoms with E-state index < -0.39 is 0 Å². The van der Waals surface area contributed by atoms with Crippen LogP contribution < -0.4 is 0 Å². The predicted molar refractivity (Wildman–Crippen MR) is 96.6 cm³/mol. The average molecular weight is 350 g/mol. The minimum absolute atomic E-state index is 0.0973. The van der Waals surface area contributed by atoms with Crippen LogP contribution in [-0.2, 0) is 17.8 Å². The molecule has 1 unspecified atom stereocenters. The molecule has 1 saturated heterocycles. The summed E-state index contributed by atoms with van der Waals surface area (Å²) < 4.78 is 7.94. The second kappa shape index (κ2) is 6.27. The Bertz CT molecular complexity index is 903. The molecular formula is C20H22N4O2. The minimum atomic E-state index is 0.0973. The van der Waals surface area contributed by atoms with Gasteiger partial charge in [-0.1, -0.05) is 12.1 Å². The van der Waals surface area contributed by atoms with Crippen molar-refractivity contribution in [2.75, 3.05) is 13.1 Å². The van der Waals surface area contributed by atoms with Gasteiger partial charge >= 0.3 is 0 Å². The fourth-order valence-electron chi connectivity index (χ4n) is 4.25. The van der Waals surface area contributed by atoms with Gasteiger partial charge in [0.05, 0.1) is 0 Å². The molecule has 26 heavy (non-hydrogen) atoms. The Labute approximate surface area is 151 Å². The number of nitrogens with zero attached hydrogens (tertiary/aromatic N) is 4. The van der Waals surface area contributed by atoms with Crippen LogP contribution in [0.5, 0.6) is 0 Å². The van der Waals surface area contributed by atoms with Crippen molar-refractivity contribution in [2.45, 2.75) is 38.1 Å². The van der Waals surface area contributed by atoms with Crippen LogP contribution in [0.25, 0.3) is 11.1 Å². The van der Waals surface area contributed by atoms with Crippen molar-refractivity contribution in [3.8, 4) is 0 Å². The van der Waals surface area contributed by atoms with E-state index in [0.717, 1.165) is 62.3 Å². The molecular weight excluding hydrogens is 328 g/mol. The van der Waals surface area contributed by atoms with Gasteiger partial charge in [0.25, 0.3) is 0 Å². The third-order valence-corrected chi connectivity index (χ3v) is 5.76. The Morgan fingerprint density at radius 1 is 1.08 bits per heavy atom. The third kappa shape index (κ3) is 2.69. The van der Waals surface area contributed by atoms with Gasteiger partial charge in [0, 0.05) is 49.8 Å². The molecule has 1 fully saturated rings. The largest absolute Gasteiger partial charge is 0.440 e. The predicted octanol–water partition coefficient (Wildman–Crippen LogP) is 2.99. The Hall–Kier alpha value is -2.63. The van der Waals surface area contributed by atoms with Crippen LogP contribution in [0.15, 0.2) is 40.9 Å². The van der Waals surface area contributed by atoms with Gasteiger partial charge in [-0.25, -0.2) is 4.98 Å². The van der Waals surface area contributed by atoms with Gasteiger partial charge in [-0.3, -0.25) is 9.48 Å². The van der Waals surface area contributed by atoms with Gasteiger partial charge in [0.1, 0.15) is 5.52 Å². The summed E-state index contributed by atoms with van der Waals surface area (Å²) >= 11 is 0. The summed E-state index contributed by atoms with van der Waals surface area (Å²) in [5.41, 5.74) is 2.94. The Morgan fingerprint density at radius 3 is 2.77 bits per heavy atom. The molecule has 134 valence electrons. The monoisotopic (exact) mass is 350 g/mol. The fraction of sp³-hybridized carbons (Fsp3) is 0.450. The van der Waals surface area contributed by atoms with Crippen molar-refractivity contribution >= 4 is 17.0 Å². The molecule has 0 aliphatic carbocycles. The van der Waals surface area contributed by atoms with Crippen molar-refractivity contribution in [3.05, 3.63) is 48.1 Å². The van der Waals surface area contributed by atoms with Crippen LogP contribution in [0.4, 0.5) is 0 Å². The first-order valence-electron chi connectivity index (χ1n) is 9.43. The van der Waals surface area contributed by atoms with E-state index in [1.807, 2.05) is 46.1 Å². The number of likely N-dealkylation sites (tertiary alicyclic amines) is 1. The van der Waals surface area contributed by atoms with Crippen molar-refractivity contribution in [2.24, 2.45) is 5.92 Å². The number of fused-ring (bicyclic) bond motifs is 2. The van der Waals surface area contributed by atoms with E-state index in [4.69, 9.17) is 4.42 Å². The second-order valence-electron chi connectivity index (χ2n) is 7.35. The highest BCUT2D eigenvalue weighted by molar-refractivity contribution is 5.79. The highest BCUT2D eigenvalue weighted by Crippen LogP contribution is 2.31. The number of piperidine rings is 1. The maximum atomic E-state index is 12.9. The van der Waals surface area contributed by atoms with E-state index in [-0.39, 0.29) is 5.92 Å². The number of hydrogen-bond acceptors (Lipinski definition) is 4. The molecule has 1 aromatic carbocycles. The zero-order valence-electron chi connectivity index (χ0n) is 14.7. The number of rotatable bonds is 2. The van der Waals surface area contributed by atoms with Gasteiger partial charge in [0.2, 0.25) is 5.91 Å². The molecule has 0 saturated carbocycles. The number of oxazole rings is 1. The smallest absolute Gasteiger partial charge is 0.226 e. The maximum Gasteiger partial charge on any atom is 0.226 e. The molecule has 1 amide bonds. The minimum Gasteiger partial charge on any atom is -0.440 e. The molecule has 2 aliphatic rings. The van der Waals surface area contributed by atoms with Gasteiger partial charge in [0.15, 0.2) is 11.5 Å². The van der Waals surface area contributed by atoms with Gasteiger partial charge < -0.3 is 9.32 Å². The summed E-state index contributed by atoms with van der Waals surface area (Å²) in [5, 5.41) is 4.30. The molecule has 0 radical (unpaired) electrons. The number of carbonyl (C=O) groups excluding carboxylic acids is 1. The number of benzene rings is 1. The lowest BCUT2D eigenvalue weighted by Crippen LogP contribution is -2.43. The Balaban J connectivity index is 1.23. The normalized spacial score (nSPS) is 21.1. The van der Waals surface area contributed by atoms with Crippen LogP contribution in [-0.4, -0.2) is 38.7 Å². The van der Waals surface area contributed by atoms with E-state index in [0.29, 0.717) is 11.8 Å². The summed E-state index contributed by atoms with van der Waals surface area (Å²) in [6, 6.07) is 9.91. The van der Waals surface area contributed by atoms with E-state index >= 15 is 0 Å². The van der Waals surface area contributed by atoms with Gasteiger partial charge in [-0.15, -0.1) is 0 Å². The van der Waals surface area contributed by atoms with Crippen LogP contribution in [0.1, 0.15) is 36.8 Å². The van der Waals surface area contributed by atoms with Gasteiger partial charge in [-0.05, 0) is 37.5 Å². The molecule has 5 rings (SSSR count). The summed E-state index contributed by atoms with van der Waals surface area (Å²) in [6.07, 6.45) is 5.36. The Morgan fingerprint density at radius 2 is 1.92 bits per heavy atom. The van der Waals surface area contributed by atoms with Crippen LogP contribution in [0, 0.1) is 5.92 Å². The first-order valence-corrected chi connectivity index (χ1v) is 9.43. The molecule has 6 heteroatoms. The number of hydrogen-bond donors (Lipinski definition) is 0. The number of carbonyl (C=O) groups is 1. The van der Waals surface area contributed by atoms with E-state index in [2.05, 4.69) is 10.1 Å². The third-order valence-electron chi connectivity index (χ3n) is 5.76. The molecule has 1 atom stereocenters. The van der Waals surface area contributed by atoms with Crippen LogP contribution >= 0.6 is 0 Å². The highest BCUT2D eigenvalue weighted by atomic mass is 16.3. The lowest BCUT2D eigenvalue weighted by atomic mass is 9.91. The number of aromatic nitrogens is 3. The van der Waals surface area contributed by atoms with Crippen LogP contribution in [0.2, 0.25) is 0 Å². The molecule has 2 aliphatic heterocycles.